The first kappa shape index (κ1) is 20.1. The van der Waals surface area contributed by atoms with Gasteiger partial charge in [-0.1, -0.05) is 36.8 Å². The highest BCUT2D eigenvalue weighted by molar-refractivity contribution is 5.86. The molecule has 3 unspecified atom stereocenters. The number of hydrogen-bond acceptors (Lipinski definition) is 3. The number of aliphatic carboxylic acids is 1. The number of hydrogen-bond donors (Lipinski definition) is 1. The number of aryl methyl sites for hydroxylation is 1. The van der Waals surface area contributed by atoms with E-state index >= 15 is 0 Å². The average Bonchev–Trinajstić information content (AvgIpc) is 3.15. The van der Waals surface area contributed by atoms with E-state index in [1.807, 2.05) is 6.07 Å². The summed E-state index contributed by atoms with van der Waals surface area (Å²) in [5.74, 6) is 0.143. The molecule has 5 nitrogen and oxygen atoms in total. The van der Waals surface area contributed by atoms with Crippen LogP contribution >= 0.6 is 0 Å². The fourth-order valence-corrected chi connectivity index (χ4v) is 5.55. The number of benzene rings is 2. The third kappa shape index (κ3) is 3.60. The first-order valence-electron chi connectivity index (χ1n) is 11.5. The normalized spacial score (nSPS) is 23.7. The third-order valence-electron chi connectivity index (χ3n) is 7.43. The molecule has 5 rings (SSSR count). The molecule has 31 heavy (non-hydrogen) atoms. The number of nitrogens with zero attached hydrogens (tertiary/aromatic N) is 3. The predicted molar refractivity (Wildman–Crippen MR) is 124 cm³/mol. The minimum Gasteiger partial charge on any atom is -0.481 e. The Hall–Kier alpha value is -2.82. The molecule has 1 saturated carbocycles. The Morgan fingerprint density at radius 1 is 1.13 bits per heavy atom. The fraction of sp³-hybridized carbons (Fsp3) is 0.462. The van der Waals surface area contributed by atoms with Crippen molar-refractivity contribution in [2.45, 2.75) is 64.0 Å². The largest absolute Gasteiger partial charge is 0.481 e. The molecule has 0 saturated heterocycles. The monoisotopic (exact) mass is 417 g/mol. The SMILES string of the molecule is CC1CCc2c(ccc3c2nc(Cc2ccccc2)n3C2CCCC(C(=O)O)C2)N1C. The van der Waals surface area contributed by atoms with Crippen LogP contribution in [0.3, 0.4) is 0 Å². The summed E-state index contributed by atoms with van der Waals surface area (Å²) in [4.78, 5) is 19.3. The van der Waals surface area contributed by atoms with Crippen LogP contribution in [0.4, 0.5) is 5.69 Å². The van der Waals surface area contributed by atoms with E-state index in [0.717, 1.165) is 49.9 Å². The number of anilines is 1. The summed E-state index contributed by atoms with van der Waals surface area (Å²) in [5, 5.41) is 9.65. The van der Waals surface area contributed by atoms with E-state index in [1.54, 1.807) is 0 Å². The van der Waals surface area contributed by atoms with Crippen LogP contribution in [0.25, 0.3) is 11.0 Å². The molecule has 1 fully saturated rings. The molecule has 0 spiro atoms. The van der Waals surface area contributed by atoms with Crippen LogP contribution in [0, 0.1) is 5.92 Å². The highest BCUT2D eigenvalue weighted by atomic mass is 16.4. The number of carboxylic acid groups (broad SMARTS) is 1. The van der Waals surface area contributed by atoms with Crippen molar-refractivity contribution in [2.75, 3.05) is 11.9 Å². The minimum atomic E-state index is -0.660. The Morgan fingerprint density at radius 2 is 1.94 bits per heavy atom. The van der Waals surface area contributed by atoms with Crippen LogP contribution in [-0.2, 0) is 17.6 Å². The lowest BCUT2D eigenvalue weighted by molar-refractivity contribution is -0.143. The quantitative estimate of drug-likeness (QED) is 0.633. The lowest BCUT2D eigenvalue weighted by Crippen LogP contribution is -2.33. The number of carboxylic acids is 1. The number of fused-ring (bicyclic) bond motifs is 3. The lowest BCUT2D eigenvalue weighted by atomic mass is 9.85. The van der Waals surface area contributed by atoms with E-state index in [2.05, 4.69) is 59.8 Å². The lowest BCUT2D eigenvalue weighted by Gasteiger charge is -2.34. The van der Waals surface area contributed by atoms with Gasteiger partial charge < -0.3 is 14.6 Å². The summed E-state index contributed by atoms with van der Waals surface area (Å²) in [6.07, 6.45) is 6.39. The molecule has 3 atom stereocenters. The van der Waals surface area contributed by atoms with E-state index in [4.69, 9.17) is 4.98 Å². The minimum absolute atomic E-state index is 0.192. The summed E-state index contributed by atoms with van der Waals surface area (Å²) < 4.78 is 2.38. The second-order valence-corrected chi connectivity index (χ2v) is 9.35. The zero-order valence-corrected chi connectivity index (χ0v) is 18.4. The molecule has 1 N–H and O–H groups in total. The standard InChI is InChI=1S/C26H31N3O2/c1-17-11-12-21-22(28(17)2)13-14-23-25(21)27-24(15-18-7-4-3-5-8-18)29(23)20-10-6-9-19(16-20)26(30)31/h3-5,7-8,13-14,17,19-20H,6,9-12,15-16H2,1-2H3,(H,30,31). The van der Waals surface area contributed by atoms with Gasteiger partial charge in [-0.15, -0.1) is 0 Å². The topological polar surface area (TPSA) is 58.4 Å². The van der Waals surface area contributed by atoms with Crippen LogP contribution in [-0.4, -0.2) is 33.7 Å². The molecule has 2 aliphatic rings. The van der Waals surface area contributed by atoms with Crippen molar-refractivity contribution in [3.8, 4) is 0 Å². The van der Waals surface area contributed by atoms with E-state index in [-0.39, 0.29) is 12.0 Å². The first-order valence-corrected chi connectivity index (χ1v) is 11.5. The molecule has 0 bridgehead atoms. The van der Waals surface area contributed by atoms with Gasteiger partial charge in [0.1, 0.15) is 5.82 Å². The van der Waals surface area contributed by atoms with Gasteiger partial charge in [-0.05, 0) is 56.7 Å². The molecule has 3 aromatic rings. The summed E-state index contributed by atoms with van der Waals surface area (Å²) in [6.45, 7) is 2.28. The molecule has 1 aromatic heterocycles. The van der Waals surface area contributed by atoms with Crippen LogP contribution in [0.1, 0.15) is 62.0 Å². The molecule has 0 amide bonds. The van der Waals surface area contributed by atoms with Gasteiger partial charge in [-0.3, -0.25) is 4.79 Å². The number of imidazole rings is 1. The van der Waals surface area contributed by atoms with Crippen molar-refractivity contribution in [3.63, 3.8) is 0 Å². The van der Waals surface area contributed by atoms with E-state index in [1.165, 1.54) is 22.3 Å². The second-order valence-electron chi connectivity index (χ2n) is 9.35. The molecule has 0 radical (unpaired) electrons. The van der Waals surface area contributed by atoms with Gasteiger partial charge in [0.2, 0.25) is 0 Å². The second kappa shape index (κ2) is 8.03. The van der Waals surface area contributed by atoms with Gasteiger partial charge in [0, 0.05) is 36.8 Å². The van der Waals surface area contributed by atoms with Gasteiger partial charge in [-0.2, -0.15) is 0 Å². The maximum Gasteiger partial charge on any atom is 0.306 e. The molecule has 1 aliphatic carbocycles. The van der Waals surface area contributed by atoms with Gasteiger partial charge in [0.25, 0.3) is 0 Å². The molecule has 2 aromatic carbocycles. The van der Waals surface area contributed by atoms with Gasteiger partial charge in [0.05, 0.1) is 17.0 Å². The zero-order chi connectivity index (χ0) is 21.5. The predicted octanol–water partition coefficient (Wildman–Crippen LogP) is 5.21. The summed E-state index contributed by atoms with van der Waals surface area (Å²) >= 11 is 0. The smallest absolute Gasteiger partial charge is 0.306 e. The average molecular weight is 418 g/mol. The highest BCUT2D eigenvalue weighted by Gasteiger charge is 2.31. The molecule has 5 heteroatoms. The Labute approximate surface area is 183 Å². The van der Waals surface area contributed by atoms with Crippen molar-refractivity contribution in [1.29, 1.82) is 0 Å². The van der Waals surface area contributed by atoms with E-state index in [9.17, 15) is 9.90 Å². The van der Waals surface area contributed by atoms with Crippen LogP contribution in [0.2, 0.25) is 0 Å². The summed E-state index contributed by atoms with van der Waals surface area (Å²) in [5.41, 5.74) is 6.15. The first-order chi connectivity index (χ1) is 15.0. The number of aromatic nitrogens is 2. The van der Waals surface area contributed by atoms with Gasteiger partial charge in [0.15, 0.2) is 0 Å². The summed E-state index contributed by atoms with van der Waals surface area (Å²) in [7, 11) is 2.18. The maximum atomic E-state index is 11.7. The Kier molecular flexibility index (Phi) is 5.20. The Morgan fingerprint density at radius 3 is 2.71 bits per heavy atom. The number of carbonyl (C=O) groups is 1. The van der Waals surface area contributed by atoms with Crippen molar-refractivity contribution >= 4 is 22.7 Å². The highest BCUT2D eigenvalue weighted by Crippen LogP contribution is 2.40. The molecule has 162 valence electrons. The van der Waals surface area contributed by atoms with Gasteiger partial charge >= 0.3 is 5.97 Å². The Balaban J connectivity index is 1.64. The van der Waals surface area contributed by atoms with Crippen molar-refractivity contribution in [1.82, 2.24) is 9.55 Å². The molecular weight excluding hydrogens is 386 g/mol. The van der Waals surface area contributed by atoms with Crippen LogP contribution in [0.5, 0.6) is 0 Å². The van der Waals surface area contributed by atoms with E-state index in [0.29, 0.717) is 12.5 Å². The van der Waals surface area contributed by atoms with Crippen molar-refractivity contribution in [3.05, 3.63) is 59.4 Å². The molecular formula is C26H31N3O2. The Bertz CT molecular complexity index is 1100. The van der Waals surface area contributed by atoms with Crippen molar-refractivity contribution in [2.24, 2.45) is 5.92 Å². The van der Waals surface area contributed by atoms with Crippen molar-refractivity contribution < 1.29 is 9.90 Å². The fourth-order valence-electron chi connectivity index (χ4n) is 5.55. The zero-order valence-electron chi connectivity index (χ0n) is 18.4. The van der Waals surface area contributed by atoms with Gasteiger partial charge in [-0.25, -0.2) is 4.98 Å². The van der Waals surface area contributed by atoms with Crippen LogP contribution < -0.4 is 4.90 Å². The maximum absolute atomic E-state index is 11.7. The third-order valence-corrected chi connectivity index (χ3v) is 7.43. The van der Waals surface area contributed by atoms with Crippen LogP contribution in [0.15, 0.2) is 42.5 Å². The van der Waals surface area contributed by atoms with E-state index < -0.39 is 5.97 Å². The molecule has 2 heterocycles. The summed E-state index contributed by atoms with van der Waals surface area (Å²) in [6, 6.07) is 15.7. The molecule has 1 aliphatic heterocycles. The number of rotatable bonds is 4.